The van der Waals surface area contributed by atoms with Crippen molar-refractivity contribution in [2.75, 3.05) is 32.8 Å². The molecule has 3 amide bonds. The van der Waals surface area contributed by atoms with E-state index in [1.165, 1.54) is 13.0 Å². The lowest BCUT2D eigenvalue weighted by atomic mass is 9.92. The molecule has 4 N–H and O–H groups in total. The van der Waals surface area contributed by atoms with Crippen molar-refractivity contribution in [2.24, 2.45) is 17.8 Å². The summed E-state index contributed by atoms with van der Waals surface area (Å²) < 4.78 is 5.66. The highest BCUT2D eigenvalue weighted by Crippen LogP contribution is 2.22. The van der Waals surface area contributed by atoms with Gasteiger partial charge < -0.3 is 30.7 Å². The van der Waals surface area contributed by atoms with Crippen LogP contribution in [0.3, 0.4) is 0 Å². The number of likely N-dealkylation sites (tertiary alicyclic amines) is 1. The first-order valence-corrected chi connectivity index (χ1v) is 13.7. The molecule has 210 valence electrons. The maximum Gasteiger partial charge on any atom is 0.350 e. The number of ether oxygens (including phenoxy) is 1. The zero-order valence-corrected chi connectivity index (χ0v) is 22.8. The first-order chi connectivity index (χ1) is 18.1. The third kappa shape index (κ3) is 8.44. The topological polar surface area (TPSA) is 137 Å². The van der Waals surface area contributed by atoms with Crippen LogP contribution in [0.5, 0.6) is 5.75 Å². The number of benzene rings is 1. The van der Waals surface area contributed by atoms with Crippen LogP contribution in [0.2, 0.25) is 0 Å². The minimum Gasteiger partial charge on any atom is -0.493 e. The largest absolute Gasteiger partial charge is 0.493 e. The van der Waals surface area contributed by atoms with Gasteiger partial charge in [0.05, 0.1) is 12.5 Å². The van der Waals surface area contributed by atoms with Crippen LogP contribution < -0.4 is 20.7 Å². The lowest BCUT2D eigenvalue weighted by Crippen LogP contribution is -2.65. The molecule has 0 saturated carbocycles. The molecular weight excluding hydrogens is 488 g/mol. The molecule has 2 saturated heterocycles. The van der Waals surface area contributed by atoms with E-state index in [9.17, 15) is 24.3 Å². The summed E-state index contributed by atoms with van der Waals surface area (Å²) in [6.45, 7) is 8.56. The fourth-order valence-electron chi connectivity index (χ4n) is 4.85. The minimum atomic E-state index is -2.02. The Morgan fingerprint density at radius 3 is 2.58 bits per heavy atom. The molecular formula is C28H42N4O6. The summed E-state index contributed by atoms with van der Waals surface area (Å²) in [5.41, 5.74) is -1.80. The lowest BCUT2D eigenvalue weighted by Gasteiger charge is -2.35. The number of carbonyl (C=O) groups is 4. The van der Waals surface area contributed by atoms with Gasteiger partial charge in [-0.1, -0.05) is 19.9 Å². The zero-order valence-electron chi connectivity index (χ0n) is 22.8. The lowest BCUT2D eigenvalue weighted by molar-refractivity contribution is -0.149. The van der Waals surface area contributed by atoms with E-state index in [-0.39, 0.29) is 18.0 Å². The fourth-order valence-corrected chi connectivity index (χ4v) is 4.85. The van der Waals surface area contributed by atoms with Gasteiger partial charge >= 0.3 is 5.97 Å². The van der Waals surface area contributed by atoms with Crippen molar-refractivity contribution in [3.63, 3.8) is 0 Å². The molecule has 38 heavy (non-hydrogen) atoms. The average molecular weight is 531 g/mol. The van der Waals surface area contributed by atoms with Gasteiger partial charge in [0.2, 0.25) is 17.5 Å². The van der Waals surface area contributed by atoms with Crippen LogP contribution in [0.25, 0.3) is 0 Å². The highest BCUT2D eigenvalue weighted by atomic mass is 16.5. The number of nitrogens with one attached hydrogen (secondary N) is 3. The summed E-state index contributed by atoms with van der Waals surface area (Å²) >= 11 is 0. The summed E-state index contributed by atoms with van der Waals surface area (Å²) in [7, 11) is 0. The molecule has 0 spiro atoms. The van der Waals surface area contributed by atoms with E-state index in [1.807, 2.05) is 13.8 Å². The third-order valence-corrected chi connectivity index (χ3v) is 7.21. The number of rotatable bonds is 11. The van der Waals surface area contributed by atoms with Gasteiger partial charge in [-0.25, -0.2) is 4.79 Å². The number of piperidine rings is 2. The van der Waals surface area contributed by atoms with Crippen LogP contribution in [0.1, 0.15) is 69.7 Å². The van der Waals surface area contributed by atoms with Gasteiger partial charge in [0.15, 0.2) is 0 Å². The highest BCUT2D eigenvalue weighted by molar-refractivity contribution is 5.99. The van der Waals surface area contributed by atoms with Crippen LogP contribution >= 0.6 is 0 Å². The number of nitrogens with zero attached hydrogens (tertiary/aromatic N) is 1. The molecule has 2 heterocycles. The first-order valence-electron chi connectivity index (χ1n) is 13.7. The Morgan fingerprint density at radius 2 is 1.89 bits per heavy atom. The molecule has 10 heteroatoms. The fraction of sp³-hybridized carbons (Fsp3) is 0.643. The standard InChI is InChI=1S/C28H42N4O6/c1-19(2)18-38-23-8-4-6-21(16-23)25(34)30-28(3,27(36)37)31-26(35)22-7-5-15-32(17-22)24(33)10-9-20-11-13-29-14-12-20/h4,6,8,16,19-20,22,29H,5,7,9-15,17-18H2,1-3H3,(H,30,34)(H,31,35)(H,36,37)/t22?,28-/m0/s1. The Morgan fingerprint density at radius 1 is 1.16 bits per heavy atom. The van der Waals surface area contributed by atoms with Crippen molar-refractivity contribution in [3.8, 4) is 5.75 Å². The minimum absolute atomic E-state index is 0.0369. The van der Waals surface area contributed by atoms with Crippen molar-refractivity contribution >= 4 is 23.7 Å². The number of carboxylic acids is 1. The van der Waals surface area contributed by atoms with E-state index in [4.69, 9.17) is 4.74 Å². The van der Waals surface area contributed by atoms with Crippen molar-refractivity contribution in [3.05, 3.63) is 29.8 Å². The molecule has 10 nitrogen and oxygen atoms in total. The van der Waals surface area contributed by atoms with Gasteiger partial charge in [0, 0.05) is 25.1 Å². The zero-order chi connectivity index (χ0) is 27.7. The van der Waals surface area contributed by atoms with Gasteiger partial charge in [-0.2, -0.15) is 0 Å². The van der Waals surface area contributed by atoms with Crippen molar-refractivity contribution in [1.82, 2.24) is 20.9 Å². The van der Waals surface area contributed by atoms with Gasteiger partial charge in [-0.3, -0.25) is 14.4 Å². The van der Waals surface area contributed by atoms with Gasteiger partial charge in [-0.05, 0) is 82.2 Å². The second-order valence-corrected chi connectivity index (χ2v) is 11.0. The molecule has 1 aromatic rings. The van der Waals surface area contributed by atoms with Crippen LogP contribution in [-0.4, -0.2) is 72.1 Å². The maximum absolute atomic E-state index is 13.1. The van der Waals surface area contributed by atoms with E-state index in [1.54, 1.807) is 23.1 Å². The summed E-state index contributed by atoms with van der Waals surface area (Å²) in [6.07, 6.45) is 4.67. The molecule has 1 unspecified atom stereocenters. The molecule has 0 aromatic heterocycles. The number of amides is 3. The monoisotopic (exact) mass is 530 g/mol. The van der Waals surface area contributed by atoms with Gasteiger partial charge in [0.1, 0.15) is 5.75 Å². The summed E-state index contributed by atoms with van der Waals surface area (Å²) in [5.74, 6) is -1.70. The number of aliphatic carboxylic acids is 1. The predicted molar refractivity (Wildman–Crippen MR) is 143 cm³/mol. The SMILES string of the molecule is CC(C)COc1cccc(C(=O)N[C@@](C)(NC(=O)C2CCCN(C(=O)CCC3CCNCC3)C2)C(=O)O)c1. The van der Waals surface area contributed by atoms with Crippen molar-refractivity contribution in [1.29, 1.82) is 0 Å². The smallest absolute Gasteiger partial charge is 0.350 e. The maximum atomic E-state index is 13.1. The number of hydrogen-bond acceptors (Lipinski definition) is 6. The molecule has 2 fully saturated rings. The van der Waals surface area contributed by atoms with Crippen LogP contribution in [0, 0.1) is 17.8 Å². The van der Waals surface area contributed by atoms with Crippen LogP contribution in [-0.2, 0) is 14.4 Å². The van der Waals surface area contributed by atoms with Crippen molar-refractivity contribution in [2.45, 2.75) is 65.0 Å². The quantitative estimate of drug-likeness (QED) is 0.323. The van der Waals surface area contributed by atoms with E-state index in [0.717, 1.165) is 32.4 Å². The van der Waals surface area contributed by atoms with E-state index in [0.29, 0.717) is 50.0 Å². The number of carbonyl (C=O) groups excluding carboxylic acids is 3. The summed E-state index contributed by atoms with van der Waals surface area (Å²) in [6, 6.07) is 6.46. The molecule has 1 aromatic carbocycles. The molecule has 2 aliphatic heterocycles. The average Bonchev–Trinajstić information content (AvgIpc) is 2.91. The third-order valence-electron chi connectivity index (χ3n) is 7.21. The van der Waals surface area contributed by atoms with Crippen LogP contribution in [0.4, 0.5) is 0 Å². The summed E-state index contributed by atoms with van der Waals surface area (Å²) in [4.78, 5) is 52.7. The summed E-state index contributed by atoms with van der Waals surface area (Å²) in [5, 5.41) is 18.2. The Hall–Kier alpha value is -3.14. The van der Waals surface area contributed by atoms with E-state index < -0.39 is 29.4 Å². The van der Waals surface area contributed by atoms with E-state index >= 15 is 0 Å². The van der Waals surface area contributed by atoms with Crippen molar-refractivity contribution < 1.29 is 29.0 Å². The second-order valence-electron chi connectivity index (χ2n) is 11.0. The van der Waals surface area contributed by atoms with Crippen LogP contribution in [0.15, 0.2) is 24.3 Å². The first kappa shape index (κ1) is 29.4. The molecule has 0 bridgehead atoms. The van der Waals surface area contributed by atoms with Gasteiger partial charge in [0.25, 0.3) is 5.91 Å². The van der Waals surface area contributed by atoms with Gasteiger partial charge in [-0.15, -0.1) is 0 Å². The van der Waals surface area contributed by atoms with E-state index in [2.05, 4.69) is 16.0 Å². The normalized spacial score (nSPS) is 19.9. The Bertz CT molecular complexity index is 993. The predicted octanol–water partition coefficient (Wildman–Crippen LogP) is 2.39. The second kappa shape index (κ2) is 13.6. The number of hydrogen-bond donors (Lipinski definition) is 4. The highest BCUT2D eigenvalue weighted by Gasteiger charge is 2.39. The molecule has 2 aliphatic rings. The number of carboxylic acid groups (broad SMARTS) is 1. The molecule has 0 radical (unpaired) electrons. The Labute approximate surface area is 224 Å². The Balaban J connectivity index is 1.58. The Kier molecular flexibility index (Phi) is 10.5. The molecule has 3 rings (SSSR count). The molecule has 0 aliphatic carbocycles. The molecule has 2 atom stereocenters.